The molecule has 6 heteroatoms. The Hall–Kier alpha value is -1.72. The van der Waals surface area contributed by atoms with Gasteiger partial charge >= 0.3 is 6.18 Å². The summed E-state index contributed by atoms with van der Waals surface area (Å²) in [5, 5.41) is 0. The van der Waals surface area contributed by atoms with E-state index in [9.17, 15) is 13.2 Å². The summed E-state index contributed by atoms with van der Waals surface area (Å²) in [6, 6.07) is 3.42. The normalized spacial score (nSPS) is 20.0. The second-order valence-corrected chi connectivity index (χ2v) is 3.88. The topological polar surface area (TPSA) is 47.6 Å². The predicted octanol–water partition coefficient (Wildman–Crippen LogP) is 2.40. The zero-order valence-electron chi connectivity index (χ0n) is 9.08. The number of benzene rings is 1. The Morgan fingerprint density at radius 1 is 1.41 bits per heavy atom. The number of rotatable bonds is 1. The maximum Gasteiger partial charge on any atom is 0.416 e. The molecule has 0 fully saturated rings. The van der Waals surface area contributed by atoms with Gasteiger partial charge in [0.2, 0.25) is 0 Å². The monoisotopic (exact) mass is 244 g/mol. The molecule has 0 bridgehead atoms. The predicted molar refractivity (Wildman–Crippen MR) is 56.5 cm³/mol. The lowest BCUT2D eigenvalue weighted by atomic mass is 9.99. The van der Waals surface area contributed by atoms with E-state index in [0.717, 1.165) is 6.07 Å². The highest BCUT2D eigenvalue weighted by atomic mass is 19.4. The molecule has 1 heterocycles. The first-order valence-corrected chi connectivity index (χ1v) is 5.02. The van der Waals surface area contributed by atoms with Crippen LogP contribution in [0.1, 0.15) is 22.7 Å². The van der Waals surface area contributed by atoms with Gasteiger partial charge in [0.25, 0.3) is 6.02 Å². The van der Waals surface area contributed by atoms with E-state index in [4.69, 9.17) is 10.5 Å². The molecule has 1 aliphatic rings. The minimum Gasteiger partial charge on any atom is -0.463 e. The van der Waals surface area contributed by atoms with Crippen LogP contribution < -0.4 is 5.73 Å². The lowest BCUT2D eigenvalue weighted by Crippen LogP contribution is -2.12. The Kier molecular flexibility index (Phi) is 2.73. The highest BCUT2D eigenvalue weighted by Gasteiger charge is 2.36. The minimum atomic E-state index is -4.39. The summed E-state index contributed by atoms with van der Waals surface area (Å²) in [6.45, 7) is 1.67. The van der Waals surface area contributed by atoms with E-state index in [2.05, 4.69) is 4.99 Å². The molecular weight excluding hydrogens is 233 g/mol. The van der Waals surface area contributed by atoms with Gasteiger partial charge in [0.1, 0.15) is 12.6 Å². The first-order valence-electron chi connectivity index (χ1n) is 5.02. The molecule has 2 rings (SSSR count). The number of halogens is 3. The lowest BCUT2D eigenvalue weighted by Gasteiger charge is -2.15. The average molecular weight is 244 g/mol. The number of hydrogen-bond acceptors (Lipinski definition) is 3. The molecule has 1 aromatic carbocycles. The van der Waals surface area contributed by atoms with Crippen LogP contribution in [0.2, 0.25) is 0 Å². The van der Waals surface area contributed by atoms with Crippen LogP contribution in [0.15, 0.2) is 23.2 Å². The van der Waals surface area contributed by atoms with Crippen LogP contribution in [-0.2, 0) is 10.9 Å². The van der Waals surface area contributed by atoms with Gasteiger partial charge in [0, 0.05) is 0 Å². The molecule has 1 aromatic rings. The van der Waals surface area contributed by atoms with Crippen LogP contribution in [0.3, 0.4) is 0 Å². The van der Waals surface area contributed by atoms with Crippen molar-refractivity contribution in [2.75, 3.05) is 6.61 Å². The van der Waals surface area contributed by atoms with E-state index in [1.807, 2.05) is 0 Å². The molecular formula is C11H11F3N2O. The van der Waals surface area contributed by atoms with E-state index in [0.29, 0.717) is 5.56 Å². The molecule has 1 atom stereocenters. The van der Waals surface area contributed by atoms with Crippen molar-refractivity contribution in [3.8, 4) is 0 Å². The summed E-state index contributed by atoms with van der Waals surface area (Å²) < 4.78 is 43.5. The standard InChI is InChI=1S/C11H11F3N2O/c1-6-2-3-7(8(4-6)11(12,13)14)9-5-17-10(15)16-9/h2-4,9H,5H2,1H3,(H2,15,16)/t9-/m0/s1. The molecule has 2 N–H and O–H groups in total. The van der Waals surface area contributed by atoms with Gasteiger partial charge in [-0.25, -0.2) is 4.99 Å². The van der Waals surface area contributed by atoms with Gasteiger partial charge in [-0.05, 0) is 18.6 Å². The molecule has 0 spiro atoms. The number of nitrogens with two attached hydrogens (primary N) is 1. The summed E-state index contributed by atoms with van der Waals surface area (Å²) >= 11 is 0. The van der Waals surface area contributed by atoms with Gasteiger partial charge in [0.05, 0.1) is 5.56 Å². The minimum absolute atomic E-state index is 0.0535. The smallest absolute Gasteiger partial charge is 0.416 e. The van der Waals surface area contributed by atoms with Crippen molar-refractivity contribution in [2.45, 2.75) is 19.1 Å². The molecule has 17 heavy (non-hydrogen) atoms. The third-order valence-corrected chi connectivity index (χ3v) is 2.55. The molecule has 0 saturated heterocycles. The van der Waals surface area contributed by atoms with Crippen LogP contribution in [0.4, 0.5) is 13.2 Å². The van der Waals surface area contributed by atoms with Crippen molar-refractivity contribution in [3.63, 3.8) is 0 Å². The Labute approximate surface area is 96.1 Å². The Morgan fingerprint density at radius 2 is 2.12 bits per heavy atom. The molecule has 0 saturated carbocycles. The molecule has 0 amide bonds. The first kappa shape index (κ1) is 11.8. The van der Waals surface area contributed by atoms with Crippen molar-refractivity contribution in [3.05, 3.63) is 34.9 Å². The zero-order valence-corrected chi connectivity index (χ0v) is 9.08. The van der Waals surface area contributed by atoms with Crippen molar-refractivity contribution < 1.29 is 17.9 Å². The van der Waals surface area contributed by atoms with Crippen molar-refractivity contribution in [2.24, 2.45) is 10.7 Å². The fourth-order valence-corrected chi connectivity index (χ4v) is 1.76. The fourth-order valence-electron chi connectivity index (χ4n) is 1.76. The number of amidine groups is 1. The second kappa shape index (κ2) is 3.94. The number of alkyl halides is 3. The number of nitrogens with zero attached hydrogens (tertiary/aromatic N) is 1. The summed E-state index contributed by atoms with van der Waals surface area (Å²) in [5.41, 5.74) is 5.27. The number of aryl methyl sites for hydroxylation is 1. The van der Waals surface area contributed by atoms with Crippen LogP contribution in [-0.4, -0.2) is 12.6 Å². The number of aliphatic imine (C=N–C) groups is 1. The van der Waals surface area contributed by atoms with E-state index >= 15 is 0 Å². The van der Waals surface area contributed by atoms with Gasteiger partial charge in [0.15, 0.2) is 0 Å². The molecule has 92 valence electrons. The van der Waals surface area contributed by atoms with E-state index < -0.39 is 17.8 Å². The van der Waals surface area contributed by atoms with E-state index in [-0.39, 0.29) is 18.2 Å². The maximum absolute atomic E-state index is 12.9. The number of ether oxygens (including phenoxy) is 1. The molecule has 1 aliphatic heterocycles. The zero-order chi connectivity index (χ0) is 12.6. The highest BCUT2D eigenvalue weighted by Crippen LogP contribution is 2.37. The van der Waals surface area contributed by atoms with Gasteiger partial charge in [-0.15, -0.1) is 0 Å². The van der Waals surface area contributed by atoms with Gasteiger partial charge in [-0.3, -0.25) is 0 Å². The van der Waals surface area contributed by atoms with Gasteiger partial charge < -0.3 is 10.5 Å². The summed E-state index contributed by atoms with van der Waals surface area (Å²) in [6.07, 6.45) is -4.39. The first-order chi connectivity index (χ1) is 7.88. The molecule has 0 radical (unpaired) electrons. The summed E-state index contributed by atoms with van der Waals surface area (Å²) in [4.78, 5) is 3.83. The van der Waals surface area contributed by atoms with Crippen molar-refractivity contribution >= 4 is 6.02 Å². The van der Waals surface area contributed by atoms with Crippen molar-refractivity contribution in [1.82, 2.24) is 0 Å². The molecule has 0 aromatic heterocycles. The second-order valence-electron chi connectivity index (χ2n) is 3.88. The van der Waals surface area contributed by atoms with Crippen LogP contribution in [0, 0.1) is 6.92 Å². The maximum atomic E-state index is 12.9. The van der Waals surface area contributed by atoms with E-state index in [1.54, 1.807) is 13.0 Å². The average Bonchev–Trinajstić information content (AvgIpc) is 2.63. The largest absolute Gasteiger partial charge is 0.463 e. The molecule has 0 aliphatic carbocycles. The highest BCUT2D eigenvalue weighted by molar-refractivity contribution is 5.73. The Bertz CT molecular complexity index is 468. The fraction of sp³-hybridized carbons (Fsp3) is 0.364. The van der Waals surface area contributed by atoms with E-state index in [1.165, 1.54) is 6.07 Å². The van der Waals surface area contributed by atoms with Crippen LogP contribution >= 0.6 is 0 Å². The summed E-state index contributed by atoms with van der Waals surface area (Å²) in [7, 11) is 0. The lowest BCUT2D eigenvalue weighted by molar-refractivity contribution is -0.138. The quantitative estimate of drug-likeness (QED) is 0.824. The van der Waals surface area contributed by atoms with Crippen LogP contribution in [0.25, 0.3) is 0 Å². The SMILES string of the molecule is Cc1ccc([C@@H]2COC(N)=N2)c(C(F)(F)F)c1. The number of hydrogen-bond donors (Lipinski definition) is 1. The summed E-state index contributed by atoms with van der Waals surface area (Å²) in [5.74, 6) is 0. The molecule has 0 unspecified atom stereocenters. The third kappa shape index (κ3) is 2.35. The van der Waals surface area contributed by atoms with Gasteiger partial charge in [-0.1, -0.05) is 17.7 Å². The van der Waals surface area contributed by atoms with Crippen molar-refractivity contribution in [1.29, 1.82) is 0 Å². The van der Waals surface area contributed by atoms with Crippen LogP contribution in [0.5, 0.6) is 0 Å². The Morgan fingerprint density at radius 3 is 2.65 bits per heavy atom. The third-order valence-electron chi connectivity index (χ3n) is 2.55. The Balaban J connectivity index is 2.47. The van der Waals surface area contributed by atoms with Gasteiger partial charge in [-0.2, -0.15) is 13.2 Å². The molecule has 3 nitrogen and oxygen atoms in total.